The summed E-state index contributed by atoms with van der Waals surface area (Å²) in [5.41, 5.74) is 2.81. The van der Waals surface area contributed by atoms with Crippen LogP contribution < -0.4 is 16.0 Å². The van der Waals surface area contributed by atoms with Crippen molar-refractivity contribution in [2.24, 2.45) is 0 Å². The lowest BCUT2D eigenvalue weighted by atomic mass is 10.1. The normalized spacial score (nSPS) is 16.4. The summed E-state index contributed by atoms with van der Waals surface area (Å²) in [7, 11) is 0. The van der Waals surface area contributed by atoms with Gasteiger partial charge in [0.25, 0.3) is 0 Å². The SMILES string of the molecule is Cc1cccc(NC(=O)C[C@H](NCCN2CCNCC2)C(=O)O)c1C. The van der Waals surface area contributed by atoms with Gasteiger partial charge in [-0.25, -0.2) is 0 Å². The van der Waals surface area contributed by atoms with Crippen LogP contribution in [0.15, 0.2) is 18.2 Å². The summed E-state index contributed by atoms with van der Waals surface area (Å²) in [6.07, 6.45) is -0.0930. The van der Waals surface area contributed by atoms with Crippen LogP contribution in [0.25, 0.3) is 0 Å². The van der Waals surface area contributed by atoms with Gasteiger partial charge in [0, 0.05) is 45.0 Å². The van der Waals surface area contributed by atoms with Crippen LogP contribution in [0, 0.1) is 13.8 Å². The minimum atomic E-state index is -1.00. The molecule has 4 N–H and O–H groups in total. The van der Waals surface area contributed by atoms with Crippen molar-refractivity contribution in [3.8, 4) is 0 Å². The molecular weight excluding hydrogens is 320 g/mol. The van der Waals surface area contributed by atoms with Gasteiger partial charge < -0.3 is 21.1 Å². The Kier molecular flexibility index (Phi) is 7.36. The number of aryl methyl sites for hydroxylation is 1. The maximum Gasteiger partial charge on any atom is 0.321 e. The third kappa shape index (κ3) is 6.12. The van der Waals surface area contributed by atoms with Gasteiger partial charge in [0.05, 0.1) is 6.42 Å². The number of benzene rings is 1. The van der Waals surface area contributed by atoms with Gasteiger partial charge in [-0.05, 0) is 31.0 Å². The molecule has 1 aromatic carbocycles. The highest BCUT2D eigenvalue weighted by Crippen LogP contribution is 2.18. The van der Waals surface area contributed by atoms with Gasteiger partial charge in [-0.1, -0.05) is 12.1 Å². The smallest absolute Gasteiger partial charge is 0.321 e. The van der Waals surface area contributed by atoms with E-state index < -0.39 is 12.0 Å². The Labute approximate surface area is 148 Å². The van der Waals surface area contributed by atoms with E-state index in [9.17, 15) is 14.7 Å². The van der Waals surface area contributed by atoms with Crippen LogP contribution in [0.2, 0.25) is 0 Å². The van der Waals surface area contributed by atoms with Crippen molar-refractivity contribution >= 4 is 17.6 Å². The molecule has 0 radical (unpaired) electrons. The number of rotatable bonds is 8. The van der Waals surface area contributed by atoms with E-state index in [0.29, 0.717) is 6.54 Å². The van der Waals surface area contributed by atoms with E-state index in [0.717, 1.165) is 49.5 Å². The lowest BCUT2D eigenvalue weighted by molar-refractivity contribution is -0.141. The molecular formula is C18H28N4O3. The van der Waals surface area contributed by atoms with Crippen LogP contribution in [0.1, 0.15) is 17.5 Å². The van der Waals surface area contributed by atoms with Crippen molar-refractivity contribution < 1.29 is 14.7 Å². The minimum absolute atomic E-state index is 0.0930. The number of amides is 1. The number of aliphatic carboxylic acids is 1. The molecule has 138 valence electrons. The monoisotopic (exact) mass is 348 g/mol. The molecule has 0 bridgehead atoms. The molecule has 25 heavy (non-hydrogen) atoms. The highest BCUT2D eigenvalue weighted by Gasteiger charge is 2.21. The molecule has 1 fully saturated rings. The van der Waals surface area contributed by atoms with E-state index in [1.54, 1.807) is 0 Å². The molecule has 2 rings (SSSR count). The number of nitrogens with zero attached hydrogens (tertiary/aromatic N) is 1. The van der Waals surface area contributed by atoms with Gasteiger partial charge >= 0.3 is 5.97 Å². The van der Waals surface area contributed by atoms with E-state index in [-0.39, 0.29) is 12.3 Å². The predicted octanol–water partition coefficient (Wildman–Crippen LogP) is 0.580. The Morgan fingerprint density at radius 1 is 1.28 bits per heavy atom. The first-order valence-corrected chi connectivity index (χ1v) is 8.72. The molecule has 0 spiro atoms. The van der Waals surface area contributed by atoms with Gasteiger partial charge in [-0.2, -0.15) is 0 Å². The number of carboxylic acids is 1. The van der Waals surface area contributed by atoms with Crippen molar-refractivity contribution in [1.29, 1.82) is 0 Å². The number of hydrogen-bond acceptors (Lipinski definition) is 5. The van der Waals surface area contributed by atoms with Crippen molar-refractivity contribution in [3.63, 3.8) is 0 Å². The summed E-state index contributed by atoms with van der Waals surface area (Å²) in [5, 5.41) is 18.4. The highest BCUT2D eigenvalue weighted by molar-refractivity contribution is 5.94. The van der Waals surface area contributed by atoms with E-state index in [4.69, 9.17) is 0 Å². The second kappa shape index (κ2) is 9.50. The lowest BCUT2D eigenvalue weighted by Crippen LogP contribution is -2.48. The molecule has 1 heterocycles. The topological polar surface area (TPSA) is 93.7 Å². The zero-order valence-electron chi connectivity index (χ0n) is 15.0. The first-order valence-electron chi connectivity index (χ1n) is 8.72. The Morgan fingerprint density at radius 2 is 2.00 bits per heavy atom. The summed E-state index contributed by atoms with van der Waals surface area (Å²) in [5.74, 6) is -1.30. The van der Waals surface area contributed by atoms with E-state index >= 15 is 0 Å². The summed E-state index contributed by atoms with van der Waals surface area (Å²) in [6, 6.07) is 4.79. The molecule has 7 nitrogen and oxygen atoms in total. The Bertz CT molecular complexity index is 600. The highest BCUT2D eigenvalue weighted by atomic mass is 16.4. The first-order chi connectivity index (χ1) is 12.0. The molecule has 1 aromatic rings. The molecule has 0 saturated carbocycles. The van der Waals surface area contributed by atoms with Crippen molar-refractivity contribution in [1.82, 2.24) is 15.5 Å². The quantitative estimate of drug-likeness (QED) is 0.549. The van der Waals surface area contributed by atoms with Crippen molar-refractivity contribution in [3.05, 3.63) is 29.3 Å². The summed E-state index contributed by atoms with van der Waals surface area (Å²) in [4.78, 5) is 25.9. The summed E-state index contributed by atoms with van der Waals surface area (Å²) < 4.78 is 0. The maximum absolute atomic E-state index is 12.2. The van der Waals surface area contributed by atoms with Crippen LogP contribution in [0.5, 0.6) is 0 Å². The number of carbonyl (C=O) groups excluding carboxylic acids is 1. The number of carboxylic acid groups (broad SMARTS) is 1. The van der Waals surface area contributed by atoms with Gasteiger partial charge in [-0.15, -0.1) is 0 Å². The fraction of sp³-hybridized carbons (Fsp3) is 0.556. The predicted molar refractivity (Wildman–Crippen MR) is 97.9 cm³/mol. The maximum atomic E-state index is 12.2. The van der Waals surface area contributed by atoms with E-state index in [1.165, 1.54) is 0 Å². The Balaban J connectivity index is 1.82. The van der Waals surface area contributed by atoms with Crippen LogP contribution in [0.3, 0.4) is 0 Å². The van der Waals surface area contributed by atoms with Gasteiger partial charge in [-0.3, -0.25) is 14.5 Å². The Hall–Kier alpha value is -1.96. The van der Waals surface area contributed by atoms with Crippen molar-refractivity contribution in [2.75, 3.05) is 44.6 Å². The van der Waals surface area contributed by atoms with E-state index in [2.05, 4.69) is 20.9 Å². The van der Waals surface area contributed by atoms with Crippen LogP contribution >= 0.6 is 0 Å². The Morgan fingerprint density at radius 3 is 2.68 bits per heavy atom. The molecule has 7 heteroatoms. The van der Waals surface area contributed by atoms with Crippen LogP contribution in [0.4, 0.5) is 5.69 Å². The van der Waals surface area contributed by atoms with Crippen LogP contribution in [-0.2, 0) is 9.59 Å². The van der Waals surface area contributed by atoms with Gasteiger partial charge in [0.1, 0.15) is 6.04 Å². The second-order valence-electron chi connectivity index (χ2n) is 6.44. The number of nitrogens with one attached hydrogen (secondary N) is 3. The zero-order valence-corrected chi connectivity index (χ0v) is 15.0. The fourth-order valence-corrected chi connectivity index (χ4v) is 2.85. The lowest BCUT2D eigenvalue weighted by Gasteiger charge is -2.27. The molecule has 1 aliphatic heterocycles. The number of anilines is 1. The van der Waals surface area contributed by atoms with Gasteiger partial charge in [0.15, 0.2) is 0 Å². The molecule has 0 aliphatic carbocycles. The molecule has 1 amide bonds. The number of hydrogen-bond donors (Lipinski definition) is 4. The number of carbonyl (C=O) groups is 2. The van der Waals surface area contributed by atoms with Crippen LogP contribution in [-0.4, -0.2) is 67.2 Å². The summed E-state index contributed by atoms with van der Waals surface area (Å²) >= 11 is 0. The largest absolute Gasteiger partial charge is 0.480 e. The fourth-order valence-electron chi connectivity index (χ4n) is 2.85. The third-order valence-electron chi connectivity index (χ3n) is 4.59. The van der Waals surface area contributed by atoms with Crippen molar-refractivity contribution in [2.45, 2.75) is 26.3 Å². The average Bonchev–Trinajstić information content (AvgIpc) is 2.59. The standard InChI is InChI=1S/C18H28N4O3/c1-13-4-3-5-15(14(13)2)21-17(23)12-16(18(24)25)20-8-11-22-9-6-19-7-10-22/h3-5,16,19-20H,6-12H2,1-2H3,(H,21,23)(H,24,25)/t16-/m0/s1. The van der Waals surface area contributed by atoms with Gasteiger partial charge in [0.2, 0.25) is 5.91 Å². The van der Waals surface area contributed by atoms with E-state index in [1.807, 2.05) is 32.0 Å². The molecule has 0 aromatic heterocycles. The first kappa shape index (κ1) is 19.4. The summed E-state index contributed by atoms with van der Waals surface area (Å²) in [6.45, 7) is 9.09. The second-order valence-corrected chi connectivity index (χ2v) is 6.44. The molecule has 1 saturated heterocycles. The third-order valence-corrected chi connectivity index (χ3v) is 4.59. The average molecular weight is 348 g/mol. The molecule has 1 atom stereocenters. The zero-order chi connectivity index (χ0) is 18.2. The molecule has 0 unspecified atom stereocenters. The minimum Gasteiger partial charge on any atom is -0.480 e. The number of piperazine rings is 1. The molecule has 1 aliphatic rings.